The van der Waals surface area contributed by atoms with Crippen LogP contribution in [0.25, 0.3) is 0 Å². The van der Waals surface area contributed by atoms with Gasteiger partial charge in [0.05, 0.1) is 18.8 Å². The average Bonchev–Trinajstić information content (AvgIpc) is 1.95. The molecule has 1 aliphatic heterocycles. The number of esters is 1. The molecule has 0 amide bonds. The first-order valence-electron chi connectivity index (χ1n) is 5.86. The SMILES string of the molecule is CC(C)OC1CN(CC(=O)OC(C)(C)C)C1. The second kappa shape index (κ2) is 5.15. The summed E-state index contributed by atoms with van der Waals surface area (Å²) in [7, 11) is 0. The molecular weight excluding hydrogens is 206 g/mol. The number of rotatable bonds is 4. The summed E-state index contributed by atoms with van der Waals surface area (Å²) in [5, 5.41) is 0. The van der Waals surface area contributed by atoms with Crippen LogP contribution in [-0.4, -0.2) is 48.3 Å². The van der Waals surface area contributed by atoms with Crippen LogP contribution in [0.2, 0.25) is 0 Å². The van der Waals surface area contributed by atoms with Crippen LogP contribution in [0, 0.1) is 0 Å². The van der Waals surface area contributed by atoms with E-state index in [0.717, 1.165) is 13.1 Å². The molecule has 0 radical (unpaired) electrons. The fourth-order valence-corrected chi connectivity index (χ4v) is 1.68. The van der Waals surface area contributed by atoms with E-state index in [1.165, 1.54) is 0 Å². The lowest BCUT2D eigenvalue weighted by Gasteiger charge is -2.39. The Morgan fingerprint density at radius 3 is 2.38 bits per heavy atom. The second-order valence-electron chi connectivity index (χ2n) is 5.59. The number of carbonyl (C=O) groups excluding carboxylic acids is 1. The van der Waals surface area contributed by atoms with Crippen LogP contribution in [0.1, 0.15) is 34.6 Å². The molecule has 1 aliphatic rings. The van der Waals surface area contributed by atoms with Crippen molar-refractivity contribution in [2.24, 2.45) is 0 Å². The Kier molecular flexibility index (Phi) is 4.33. The molecule has 94 valence electrons. The van der Waals surface area contributed by atoms with Crippen LogP contribution in [0.4, 0.5) is 0 Å². The zero-order valence-electron chi connectivity index (χ0n) is 10.9. The number of ether oxygens (including phenoxy) is 2. The molecule has 0 bridgehead atoms. The van der Waals surface area contributed by atoms with Crippen LogP contribution in [0.3, 0.4) is 0 Å². The van der Waals surface area contributed by atoms with Crippen LogP contribution in [-0.2, 0) is 14.3 Å². The van der Waals surface area contributed by atoms with Crippen molar-refractivity contribution in [3.63, 3.8) is 0 Å². The molecule has 4 heteroatoms. The number of nitrogens with zero attached hydrogens (tertiary/aromatic N) is 1. The molecule has 1 rings (SSSR count). The standard InChI is InChI=1S/C12H23NO3/c1-9(2)15-10-6-13(7-10)8-11(14)16-12(3,4)5/h9-10H,6-8H2,1-5H3. The predicted octanol–water partition coefficient (Wildman–Crippen LogP) is 1.44. The van der Waals surface area contributed by atoms with E-state index in [1.807, 2.05) is 39.5 Å². The van der Waals surface area contributed by atoms with E-state index in [0.29, 0.717) is 6.54 Å². The summed E-state index contributed by atoms with van der Waals surface area (Å²) in [4.78, 5) is 13.5. The summed E-state index contributed by atoms with van der Waals surface area (Å²) < 4.78 is 10.8. The van der Waals surface area contributed by atoms with Gasteiger partial charge in [-0.2, -0.15) is 0 Å². The summed E-state index contributed by atoms with van der Waals surface area (Å²) in [6.45, 7) is 11.7. The summed E-state index contributed by atoms with van der Waals surface area (Å²) in [5.41, 5.74) is -0.393. The first-order valence-corrected chi connectivity index (χ1v) is 5.86. The lowest BCUT2D eigenvalue weighted by atomic mass is 10.1. The minimum absolute atomic E-state index is 0.157. The third-order valence-corrected chi connectivity index (χ3v) is 2.16. The van der Waals surface area contributed by atoms with E-state index in [4.69, 9.17) is 9.47 Å². The molecule has 0 aliphatic carbocycles. The van der Waals surface area contributed by atoms with Crippen molar-refractivity contribution >= 4 is 5.97 Å². The molecule has 16 heavy (non-hydrogen) atoms. The highest BCUT2D eigenvalue weighted by molar-refractivity contribution is 5.72. The van der Waals surface area contributed by atoms with Crippen LogP contribution >= 0.6 is 0 Å². The molecule has 1 saturated heterocycles. The van der Waals surface area contributed by atoms with Gasteiger partial charge in [-0.15, -0.1) is 0 Å². The lowest BCUT2D eigenvalue weighted by molar-refractivity contribution is -0.160. The molecule has 0 atom stereocenters. The number of carbonyl (C=O) groups is 1. The van der Waals surface area contributed by atoms with E-state index < -0.39 is 5.60 Å². The Bertz CT molecular complexity index is 239. The Morgan fingerprint density at radius 2 is 1.94 bits per heavy atom. The normalized spacial score (nSPS) is 18.6. The zero-order valence-corrected chi connectivity index (χ0v) is 10.9. The molecule has 0 N–H and O–H groups in total. The summed E-state index contributed by atoms with van der Waals surface area (Å²) in [6, 6.07) is 0. The third-order valence-electron chi connectivity index (χ3n) is 2.16. The van der Waals surface area contributed by atoms with Gasteiger partial charge in [0, 0.05) is 13.1 Å². The minimum atomic E-state index is -0.393. The topological polar surface area (TPSA) is 38.8 Å². The maximum atomic E-state index is 11.5. The molecule has 1 fully saturated rings. The monoisotopic (exact) mass is 229 g/mol. The molecule has 0 aromatic heterocycles. The Morgan fingerprint density at radius 1 is 1.38 bits per heavy atom. The van der Waals surface area contributed by atoms with Gasteiger partial charge in [-0.05, 0) is 34.6 Å². The Hall–Kier alpha value is -0.610. The molecule has 0 aromatic rings. The van der Waals surface area contributed by atoms with Gasteiger partial charge in [-0.1, -0.05) is 0 Å². The summed E-state index contributed by atoms with van der Waals surface area (Å²) >= 11 is 0. The fraction of sp³-hybridized carbons (Fsp3) is 0.917. The first-order chi connectivity index (χ1) is 7.26. The van der Waals surface area contributed by atoms with Gasteiger partial charge in [0.25, 0.3) is 0 Å². The Balaban J connectivity index is 2.15. The quantitative estimate of drug-likeness (QED) is 0.684. The smallest absolute Gasteiger partial charge is 0.320 e. The number of hydrogen-bond acceptors (Lipinski definition) is 4. The average molecular weight is 229 g/mol. The van der Waals surface area contributed by atoms with E-state index >= 15 is 0 Å². The summed E-state index contributed by atoms with van der Waals surface area (Å²) in [5.74, 6) is -0.157. The van der Waals surface area contributed by atoms with Gasteiger partial charge in [0.15, 0.2) is 0 Å². The highest BCUT2D eigenvalue weighted by atomic mass is 16.6. The van der Waals surface area contributed by atoms with Crippen molar-refractivity contribution in [3.05, 3.63) is 0 Å². The van der Waals surface area contributed by atoms with E-state index in [-0.39, 0.29) is 18.2 Å². The largest absolute Gasteiger partial charge is 0.459 e. The van der Waals surface area contributed by atoms with Gasteiger partial charge in [-0.25, -0.2) is 0 Å². The highest BCUT2D eigenvalue weighted by Crippen LogP contribution is 2.14. The molecule has 0 unspecified atom stereocenters. The molecule has 1 heterocycles. The molecule has 0 spiro atoms. The maximum absolute atomic E-state index is 11.5. The van der Waals surface area contributed by atoms with Crippen molar-refractivity contribution in [1.29, 1.82) is 0 Å². The van der Waals surface area contributed by atoms with Gasteiger partial charge in [0.2, 0.25) is 0 Å². The number of hydrogen-bond donors (Lipinski definition) is 0. The lowest BCUT2D eigenvalue weighted by Crippen LogP contribution is -2.54. The van der Waals surface area contributed by atoms with Gasteiger partial charge >= 0.3 is 5.97 Å². The van der Waals surface area contributed by atoms with Crippen LogP contribution in [0.5, 0.6) is 0 Å². The van der Waals surface area contributed by atoms with Gasteiger partial charge < -0.3 is 9.47 Å². The molecular formula is C12H23NO3. The number of likely N-dealkylation sites (tertiary alicyclic amines) is 1. The van der Waals surface area contributed by atoms with Crippen molar-refractivity contribution < 1.29 is 14.3 Å². The van der Waals surface area contributed by atoms with Crippen molar-refractivity contribution in [3.8, 4) is 0 Å². The van der Waals surface area contributed by atoms with Crippen molar-refractivity contribution in [2.45, 2.75) is 52.4 Å². The predicted molar refractivity (Wildman–Crippen MR) is 62.3 cm³/mol. The van der Waals surface area contributed by atoms with Crippen molar-refractivity contribution in [2.75, 3.05) is 19.6 Å². The van der Waals surface area contributed by atoms with E-state index in [2.05, 4.69) is 0 Å². The van der Waals surface area contributed by atoms with Crippen LogP contribution < -0.4 is 0 Å². The molecule has 0 aromatic carbocycles. The molecule has 0 saturated carbocycles. The van der Waals surface area contributed by atoms with Gasteiger partial charge in [-0.3, -0.25) is 9.69 Å². The van der Waals surface area contributed by atoms with E-state index in [9.17, 15) is 4.79 Å². The first kappa shape index (κ1) is 13.5. The van der Waals surface area contributed by atoms with Gasteiger partial charge in [0.1, 0.15) is 5.60 Å². The van der Waals surface area contributed by atoms with Crippen LogP contribution in [0.15, 0.2) is 0 Å². The Labute approximate surface area is 97.9 Å². The maximum Gasteiger partial charge on any atom is 0.320 e. The van der Waals surface area contributed by atoms with Crippen molar-refractivity contribution in [1.82, 2.24) is 4.90 Å². The fourth-order valence-electron chi connectivity index (χ4n) is 1.68. The van der Waals surface area contributed by atoms with E-state index in [1.54, 1.807) is 0 Å². The third kappa shape index (κ3) is 4.94. The minimum Gasteiger partial charge on any atom is -0.459 e. The second-order valence-corrected chi connectivity index (χ2v) is 5.59. The molecule has 4 nitrogen and oxygen atoms in total. The zero-order chi connectivity index (χ0) is 12.3. The highest BCUT2D eigenvalue weighted by Gasteiger charge is 2.30. The summed E-state index contributed by atoms with van der Waals surface area (Å²) in [6.07, 6.45) is 0.538.